The van der Waals surface area contributed by atoms with Crippen LogP contribution in [0.5, 0.6) is 0 Å². The SMILES string of the molecule is Cc1nc(N[C@@H]2CCCCC[C@H]2O)nnc1Cl. The number of rotatable bonds is 2. The molecule has 5 nitrogen and oxygen atoms in total. The molecule has 0 aliphatic heterocycles. The Hall–Kier alpha value is -0.940. The highest BCUT2D eigenvalue weighted by Gasteiger charge is 2.22. The maximum Gasteiger partial charge on any atom is 0.243 e. The monoisotopic (exact) mass is 256 g/mol. The van der Waals surface area contributed by atoms with Crippen LogP contribution in [0, 0.1) is 6.92 Å². The molecule has 2 atom stereocenters. The number of aliphatic hydroxyl groups excluding tert-OH is 1. The fraction of sp³-hybridized carbons (Fsp3) is 0.727. The Morgan fingerprint density at radius 1 is 1.24 bits per heavy atom. The third-order valence-corrected chi connectivity index (χ3v) is 3.45. The number of halogens is 1. The lowest BCUT2D eigenvalue weighted by Crippen LogP contribution is -2.33. The molecule has 1 aromatic rings. The lowest BCUT2D eigenvalue weighted by atomic mass is 10.1. The predicted molar refractivity (Wildman–Crippen MR) is 66.1 cm³/mol. The van der Waals surface area contributed by atoms with E-state index in [1.807, 2.05) is 0 Å². The Balaban J connectivity index is 2.05. The molecule has 0 saturated heterocycles. The molecule has 1 aliphatic carbocycles. The first-order chi connectivity index (χ1) is 8.16. The molecule has 0 radical (unpaired) electrons. The molecule has 1 saturated carbocycles. The molecule has 2 rings (SSSR count). The van der Waals surface area contributed by atoms with E-state index in [1.54, 1.807) is 6.92 Å². The summed E-state index contributed by atoms with van der Waals surface area (Å²) in [5.41, 5.74) is 0.646. The first-order valence-electron chi connectivity index (χ1n) is 5.98. The summed E-state index contributed by atoms with van der Waals surface area (Å²) in [6.45, 7) is 1.78. The molecular formula is C11H17ClN4O. The third kappa shape index (κ3) is 3.26. The molecule has 17 heavy (non-hydrogen) atoms. The minimum absolute atomic E-state index is 0.0138. The van der Waals surface area contributed by atoms with Crippen LogP contribution in [0.3, 0.4) is 0 Å². The van der Waals surface area contributed by atoms with Gasteiger partial charge in [0, 0.05) is 0 Å². The van der Waals surface area contributed by atoms with Crippen LogP contribution in [0.25, 0.3) is 0 Å². The summed E-state index contributed by atoms with van der Waals surface area (Å²) in [6.07, 6.45) is 4.81. The zero-order chi connectivity index (χ0) is 12.3. The fourth-order valence-corrected chi connectivity index (χ4v) is 2.15. The van der Waals surface area contributed by atoms with Gasteiger partial charge in [-0.1, -0.05) is 30.9 Å². The van der Waals surface area contributed by atoms with Gasteiger partial charge >= 0.3 is 0 Å². The van der Waals surface area contributed by atoms with Crippen LogP contribution in [0.1, 0.15) is 37.8 Å². The van der Waals surface area contributed by atoms with E-state index in [4.69, 9.17) is 11.6 Å². The lowest BCUT2D eigenvalue weighted by molar-refractivity contribution is 0.144. The van der Waals surface area contributed by atoms with Crippen LogP contribution in [0.4, 0.5) is 5.95 Å². The molecule has 2 N–H and O–H groups in total. The summed E-state index contributed by atoms with van der Waals surface area (Å²) in [4.78, 5) is 4.20. The van der Waals surface area contributed by atoms with Gasteiger partial charge in [-0.05, 0) is 19.8 Å². The zero-order valence-electron chi connectivity index (χ0n) is 9.86. The number of aliphatic hydroxyl groups is 1. The van der Waals surface area contributed by atoms with E-state index in [0.717, 1.165) is 25.7 Å². The summed E-state index contributed by atoms with van der Waals surface area (Å²) in [6, 6.07) is 0.0138. The van der Waals surface area contributed by atoms with Gasteiger partial charge < -0.3 is 10.4 Å². The maximum absolute atomic E-state index is 9.97. The Morgan fingerprint density at radius 3 is 2.76 bits per heavy atom. The largest absolute Gasteiger partial charge is 0.391 e. The number of aromatic nitrogens is 3. The van der Waals surface area contributed by atoms with Crippen LogP contribution in [0.2, 0.25) is 5.15 Å². The van der Waals surface area contributed by atoms with Gasteiger partial charge in [0.15, 0.2) is 5.15 Å². The Labute approximate surface area is 106 Å². The predicted octanol–water partition coefficient (Wildman–Crippen LogP) is 1.94. The Bertz CT molecular complexity index is 388. The lowest BCUT2D eigenvalue weighted by Gasteiger charge is -2.21. The van der Waals surface area contributed by atoms with Gasteiger partial charge in [0.2, 0.25) is 5.95 Å². The molecule has 1 aliphatic rings. The summed E-state index contributed by atoms with van der Waals surface area (Å²) in [5.74, 6) is 0.442. The van der Waals surface area contributed by atoms with Crippen LogP contribution in [-0.2, 0) is 0 Å². The number of hydrogen-bond donors (Lipinski definition) is 2. The summed E-state index contributed by atoms with van der Waals surface area (Å²) in [5, 5.41) is 21.1. The van der Waals surface area contributed by atoms with Crippen molar-refractivity contribution in [3.8, 4) is 0 Å². The number of aryl methyl sites for hydroxylation is 1. The molecule has 0 bridgehead atoms. The van der Waals surface area contributed by atoms with Crippen LogP contribution >= 0.6 is 11.6 Å². The highest BCUT2D eigenvalue weighted by molar-refractivity contribution is 6.29. The molecule has 0 aromatic carbocycles. The van der Waals surface area contributed by atoms with Crippen LogP contribution in [-0.4, -0.2) is 32.4 Å². The molecule has 0 spiro atoms. The van der Waals surface area contributed by atoms with E-state index >= 15 is 0 Å². The molecule has 1 aromatic heterocycles. The summed E-state index contributed by atoms with van der Waals surface area (Å²) >= 11 is 5.76. The number of nitrogens with zero attached hydrogens (tertiary/aromatic N) is 3. The van der Waals surface area contributed by atoms with E-state index in [0.29, 0.717) is 16.8 Å². The van der Waals surface area contributed by atoms with Crippen molar-refractivity contribution in [1.29, 1.82) is 0 Å². The van der Waals surface area contributed by atoms with Gasteiger partial charge in [-0.25, -0.2) is 4.98 Å². The van der Waals surface area contributed by atoms with Gasteiger partial charge in [-0.2, -0.15) is 0 Å². The number of hydrogen-bond acceptors (Lipinski definition) is 5. The summed E-state index contributed by atoms with van der Waals surface area (Å²) in [7, 11) is 0. The molecule has 0 amide bonds. The molecule has 0 unspecified atom stereocenters. The number of anilines is 1. The van der Waals surface area contributed by atoms with Crippen LogP contribution in [0.15, 0.2) is 0 Å². The normalized spacial score (nSPS) is 25.4. The zero-order valence-corrected chi connectivity index (χ0v) is 10.6. The highest BCUT2D eigenvalue weighted by Crippen LogP contribution is 2.20. The second-order valence-electron chi connectivity index (χ2n) is 4.47. The topological polar surface area (TPSA) is 70.9 Å². The van der Waals surface area contributed by atoms with Crippen LogP contribution < -0.4 is 5.32 Å². The quantitative estimate of drug-likeness (QED) is 0.792. The second kappa shape index (κ2) is 5.60. The average Bonchev–Trinajstić information content (AvgIpc) is 2.50. The number of nitrogens with one attached hydrogen (secondary N) is 1. The van der Waals surface area contributed by atoms with E-state index in [2.05, 4.69) is 20.5 Å². The van der Waals surface area contributed by atoms with E-state index in [-0.39, 0.29) is 12.1 Å². The van der Waals surface area contributed by atoms with Gasteiger partial charge in [-0.3, -0.25) is 0 Å². The van der Waals surface area contributed by atoms with Crippen molar-refractivity contribution in [2.75, 3.05) is 5.32 Å². The van der Waals surface area contributed by atoms with Gasteiger partial charge in [0.1, 0.15) is 0 Å². The maximum atomic E-state index is 9.97. The van der Waals surface area contributed by atoms with Crippen molar-refractivity contribution in [2.45, 2.75) is 51.2 Å². The van der Waals surface area contributed by atoms with Crippen molar-refractivity contribution < 1.29 is 5.11 Å². The van der Waals surface area contributed by atoms with Crippen molar-refractivity contribution in [1.82, 2.24) is 15.2 Å². The molecule has 1 fully saturated rings. The second-order valence-corrected chi connectivity index (χ2v) is 4.83. The standard InChI is InChI=1S/C11H17ClN4O/c1-7-10(12)15-16-11(13-7)14-8-5-3-2-4-6-9(8)17/h8-9,17H,2-6H2,1H3,(H,13,14,16)/t8-,9-/m1/s1. The minimum atomic E-state index is -0.336. The average molecular weight is 257 g/mol. The smallest absolute Gasteiger partial charge is 0.243 e. The fourth-order valence-electron chi connectivity index (χ4n) is 2.07. The molecule has 6 heteroatoms. The highest BCUT2D eigenvalue weighted by atomic mass is 35.5. The van der Waals surface area contributed by atoms with Gasteiger partial charge in [0.05, 0.1) is 17.8 Å². The van der Waals surface area contributed by atoms with Gasteiger partial charge in [0.25, 0.3) is 0 Å². The minimum Gasteiger partial charge on any atom is -0.391 e. The van der Waals surface area contributed by atoms with Crippen molar-refractivity contribution in [2.24, 2.45) is 0 Å². The van der Waals surface area contributed by atoms with Gasteiger partial charge in [-0.15, -0.1) is 10.2 Å². The molecule has 1 heterocycles. The van der Waals surface area contributed by atoms with E-state index < -0.39 is 0 Å². The first kappa shape index (κ1) is 12.5. The van der Waals surface area contributed by atoms with Crippen molar-refractivity contribution in [3.05, 3.63) is 10.8 Å². The van der Waals surface area contributed by atoms with Crippen molar-refractivity contribution in [3.63, 3.8) is 0 Å². The molecular weight excluding hydrogens is 240 g/mol. The Morgan fingerprint density at radius 2 is 2.00 bits per heavy atom. The van der Waals surface area contributed by atoms with E-state index in [1.165, 1.54) is 6.42 Å². The first-order valence-corrected chi connectivity index (χ1v) is 6.36. The van der Waals surface area contributed by atoms with Crippen molar-refractivity contribution >= 4 is 17.5 Å². The Kier molecular flexibility index (Phi) is 4.12. The summed E-state index contributed by atoms with van der Waals surface area (Å²) < 4.78 is 0. The van der Waals surface area contributed by atoms with E-state index in [9.17, 15) is 5.11 Å². The third-order valence-electron chi connectivity index (χ3n) is 3.10. The molecule has 94 valence electrons.